The van der Waals surface area contributed by atoms with Gasteiger partial charge in [-0.05, 0) is 66.7 Å². The number of piperidine rings is 1. The van der Waals surface area contributed by atoms with Crippen LogP contribution in [0.4, 0.5) is 5.82 Å². The molecule has 180 valence electrons. The molecule has 0 aromatic carbocycles. The van der Waals surface area contributed by atoms with E-state index in [1.807, 2.05) is 31.0 Å². The van der Waals surface area contributed by atoms with Gasteiger partial charge in [-0.3, -0.25) is 9.38 Å². The Labute approximate surface area is 210 Å². The fourth-order valence-corrected chi connectivity index (χ4v) is 7.02. The minimum Gasteiger partial charge on any atom is -0.372 e. The SMILES string of the molecule is CN1C=CC(c2ncc3c(N4CCC5(CC4)Cc4ccncc4C5N)nccn23)=C(Cl)C1C1CC1. The highest BCUT2D eigenvalue weighted by Crippen LogP contribution is 2.51. The number of likely N-dealkylation sites (N-methyl/N-ethyl adjacent to an activating group) is 1. The number of anilines is 1. The van der Waals surface area contributed by atoms with Crippen LogP contribution in [0.15, 0.2) is 54.4 Å². The maximum atomic E-state index is 6.97. The van der Waals surface area contributed by atoms with E-state index in [0.29, 0.717) is 5.92 Å². The van der Waals surface area contributed by atoms with Crippen molar-refractivity contribution in [3.8, 4) is 0 Å². The Morgan fingerprint density at radius 1 is 1.11 bits per heavy atom. The summed E-state index contributed by atoms with van der Waals surface area (Å²) in [6.45, 7) is 1.86. The van der Waals surface area contributed by atoms with Gasteiger partial charge in [0.15, 0.2) is 5.82 Å². The zero-order valence-electron chi connectivity index (χ0n) is 19.9. The smallest absolute Gasteiger partial charge is 0.154 e. The average molecular weight is 488 g/mol. The number of fused-ring (bicyclic) bond motifs is 2. The van der Waals surface area contributed by atoms with Crippen LogP contribution in [0.3, 0.4) is 0 Å². The number of aromatic nitrogens is 4. The van der Waals surface area contributed by atoms with E-state index in [0.717, 1.165) is 60.1 Å². The van der Waals surface area contributed by atoms with E-state index in [-0.39, 0.29) is 17.5 Å². The molecule has 2 aliphatic heterocycles. The maximum Gasteiger partial charge on any atom is 0.154 e. The van der Waals surface area contributed by atoms with Gasteiger partial charge in [-0.25, -0.2) is 9.97 Å². The van der Waals surface area contributed by atoms with Crippen LogP contribution in [0.25, 0.3) is 11.1 Å². The van der Waals surface area contributed by atoms with Gasteiger partial charge in [-0.2, -0.15) is 0 Å². The Morgan fingerprint density at radius 2 is 1.94 bits per heavy atom. The van der Waals surface area contributed by atoms with Gasteiger partial charge in [0.05, 0.1) is 17.3 Å². The summed E-state index contributed by atoms with van der Waals surface area (Å²) in [5, 5.41) is 0.896. The van der Waals surface area contributed by atoms with E-state index >= 15 is 0 Å². The van der Waals surface area contributed by atoms with Crippen LogP contribution in [0.5, 0.6) is 0 Å². The lowest BCUT2D eigenvalue weighted by Gasteiger charge is -2.42. The summed E-state index contributed by atoms with van der Waals surface area (Å²) >= 11 is 6.97. The van der Waals surface area contributed by atoms with Crippen LogP contribution < -0.4 is 10.6 Å². The largest absolute Gasteiger partial charge is 0.372 e. The van der Waals surface area contributed by atoms with Crippen molar-refractivity contribution in [3.63, 3.8) is 0 Å². The number of hydrogen-bond donors (Lipinski definition) is 1. The Hall–Kier alpha value is -2.90. The molecule has 35 heavy (non-hydrogen) atoms. The molecule has 2 atom stereocenters. The highest BCUT2D eigenvalue weighted by atomic mass is 35.5. The molecular weight excluding hydrogens is 458 g/mol. The number of nitrogens with two attached hydrogens (primary N) is 1. The number of nitrogens with zero attached hydrogens (tertiary/aromatic N) is 6. The first-order chi connectivity index (χ1) is 17.1. The molecule has 3 aromatic heterocycles. The van der Waals surface area contributed by atoms with Gasteiger partial charge in [0.25, 0.3) is 0 Å². The van der Waals surface area contributed by atoms with Crippen LogP contribution in [-0.4, -0.2) is 50.4 Å². The lowest BCUT2D eigenvalue weighted by molar-refractivity contribution is 0.187. The molecule has 0 radical (unpaired) electrons. The number of halogens is 1. The lowest BCUT2D eigenvalue weighted by atomic mass is 9.73. The molecule has 2 aliphatic carbocycles. The van der Waals surface area contributed by atoms with Crippen LogP contribution in [0, 0.1) is 11.3 Å². The predicted molar refractivity (Wildman–Crippen MR) is 138 cm³/mol. The molecule has 7 nitrogen and oxygen atoms in total. The highest BCUT2D eigenvalue weighted by molar-refractivity contribution is 6.34. The van der Waals surface area contributed by atoms with Gasteiger partial charge >= 0.3 is 0 Å². The minimum atomic E-state index is 0.0587. The molecule has 0 bridgehead atoms. The molecule has 8 heteroatoms. The van der Waals surface area contributed by atoms with Crippen LogP contribution >= 0.6 is 11.6 Å². The average Bonchev–Trinajstić information content (AvgIpc) is 3.55. The van der Waals surface area contributed by atoms with E-state index in [2.05, 4.69) is 44.6 Å². The van der Waals surface area contributed by atoms with Gasteiger partial charge in [0.2, 0.25) is 0 Å². The molecule has 2 N–H and O–H groups in total. The van der Waals surface area contributed by atoms with Crippen molar-refractivity contribution in [1.29, 1.82) is 0 Å². The second kappa shape index (κ2) is 7.80. The fraction of sp³-hybridized carbons (Fsp3) is 0.444. The normalized spacial score (nSPS) is 25.7. The molecule has 1 spiro atoms. The zero-order valence-corrected chi connectivity index (χ0v) is 20.7. The van der Waals surface area contributed by atoms with Crippen molar-refractivity contribution in [2.75, 3.05) is 25.0 Å². The molecule has 2 unspecified atom stereocenters. The molecule has 1 saturated heterocycles. The van der Waals surface area contributed by atoms with Gasteiger partial charge in [-0.1, -0.05) is 11.6 Å². The standard InChI is InChI=1S/C27H30ClN7/c1-33-10-5-19(22(28)23(33)17-2-3-17)25-32-16-21-26(31-9-13-35(21)25)34-11-6-27(7-12-34)14-18-4-8-30-15-20(18)24(27)29/h4-5,8-10,13,15-17,23-24H,2-3,6-7,11-12,14,29H2,1H3. The third kappa shape index (κ3) is 3.24. The number of allylic oxidation sites excluding steroid dienone is 2. The minimum absolute atomic E-state index is 0.0587. The Kier molecular flexibility index (Phi) is 4.77. The number of pyridine rings is 1. The van der Waals surface area contributed by atoms with Gasteiger partial charge in [0, 0.05) is 62.7 Å². The summed E-state index contributed by atoms with van der Waals surface area (Å²) in [7, 11) is 2.11. The monoisotopic (exact) mass is 487 g/mol. The number of imidazole rings is 1. The fourth-order valence-electron chi connectivity index (χ4n) is 6.54. The number of rotatable bonds is 3. The van der Waals surface area contributed by atoms with Crippen molar-refractivity contribution in [2.24, 2.45) is 17.1 Å². The van der Waals surface area contributed by atoms with Crippen molar-refractivity contribution >= 4 is 28.5 Å². The van der Waals surface area contributed by atoms with Crippen LogP contribution in [0.1, 0.15) is 48.7 Å². The van der Waals surface area contributed by atoms with Crippen LogP contribution in [0.2, 0.25) is 0 Å². The van der Waals surface area contributed by atoms with Crippen molar-refractivity contribution < 1.29 is 0 Å². The summed E-state index contributed by atoms with van der Waals surface area (Å²) in [6.07, 6.45) is 19.5. The third-order valence-corrected chi connectivity index (χ3v) is 9.15. The Morgan fingerprint density at radius 3 is 2.71 bits per heavy atom. The molecule has 2 fully saturated rings. The van der Waals surface area contributed by atoms with Gasteiger partial charge in [-0.15, -0.1) is 0 Å². The second-order valence-electron chi connectivity index (χ2n) is 10.7. The lowest BCUT2D eigenvalue weighted by Crippen LogP contribution is -2.44. The first-order valence-electron chi connectivity index (χ1n) is 12.6. The Bertz CT molecular complexity index is 1360. The van der Waals surface area contributed by atoms with Crippen molar-refractivity contribution in [3.05, 3.63) is 71.3 Å². The molecule has 3 aromatic rings. The second-order valence-corrected chi connectivity index (χ2v) is 11.1. The zero-order chi connectivity index (χ0) is 23.7. The van der Waals surface area contributed by atoms with E-state index < -0.39 is 0 Å². The molecule has 0 amide bonds. The summed E-state index contributed by atoms with van der Waals surface area (Å²) in [6, 6.07) is 2.44. The van der Waals surface area contributed by atoms with E-state index in [4.69, 9.17) is 27.3 Å². The van der Waals surface area contributed by atoms with E-state index in [1.165, 1.54) is 24.0 Å². The van der Waals surface area contributed by atoms with Crippen molar-refractivity contribution in [2.45, 2.75) is 44.2 Å². The summed E-state index contributed by atoms with van der Waals surface area (Å²) in [5.41, 5.74) is 11.5. The molecule has 7 rings (SSSR count). The predicted octanol–water partition coefficient (Wildman–Crippen LogP) is 4.15. The number of hydrogen-bond acceptors (Lipinski definition) is 6. The Balaban J connectivity index is 1.18. The first kappa shape index (κ1) is 21.4. The van der Waals surface area contributed by atoms with Crippen molar-refractivity contribution in [1.82, 2.24) is 24.3 Å². The third-order valence-electron chi connectivity index (χ3n) is 8.72. The maximum absolute atomic E-state index is 6.97. The summed E-state index contributed by atoms with van der Waals surface area (Å²) in [4.78, 5) is 18.6. The van der Waals surface area contributed by atoms with Gasteiger partial charge < -0.3 is 15.5 Å². The molecule has 1 saturated carbocycles. The summed E-state index contributed by atoms with van der Waals surface area (Å²) < 4.78 is 2.15. The highest BCUT2D eigenvalue weighted by Gasteiger charge is 2.46. The quantitative estimate of drug-likeness (QED) is 0.598. The van der Waals surface area contributed by atoms with E-state index in [1.54, 1.807) is 0 Å². The molecular formula is C27H30ClN7. The molecule has 4 aliphatic rings. The van der Waals surface area contributed by atoms with Crippen LogP contribution in [-0.2, 0) is 6.42 Å². The molecule has 5 heterocycles. The summed E-state index contributed by atoms with van der Waals surface area (Å²) in [5.74, 6) is 2.51. The van der Waals surface area contributed by atoms with Gasteiger partial charge in [0.1, 0.15) is 11.3 Å². The topological polar surface area (TPSA) is 75.6 Å². The van der Waals surface area contributed by atoms with E-state index in [9.17, 15) is 0 Å². The first-order valence-corrected chi connectivity index (χ1v) is 13.0.